The second kappa shape index (κ2) is 8.56. The van der Waals surface area contributed by atoms with Crippen LogP contribution in [0.2, 0.25) is 0 Å². The van der Waals surface area contributed by atoms with Crippen molar-refractivity contribution < 1.29 is 22.8 Å². The summed E-state index contributed by atoms with van der Waals surface area (Å²) >= 11 is 0. The minimum atomic E-state index is -4.68. The molecule has 3 N–H and O–H groups in total. The highest BCUT2D eigenvalue weighted by molar-refractivity contribution is 5.93. The largest absolute Gasteiger partial charge is 0.421 e. The molecule has 0 unspecified atom stereocenters. The highest BCUT2D eigenvalue weighted by Crippen LogP contribution is 2.36. The standard InChI is InChI=1S/C19H21F3N6O2/c1-11(29)24-15-5-3-4-6-16(15)26-17-14(19(20,21)22)9-23-18(27-17)25-13-7-8-28(10-13)12(2)30/h3-6,9,13H,7-8,10H2,1-2H3,(H,24,29)(H2,23,25,26,27)/t13-/m0/s1. The molecule has 0 bridgehead atoms. The molecule has 2 aromatic rings. The smallest absolute Gasteiger partial charge is 0.350 e. The number of halogens is 3. The van der Waals surface area contributed by atoms with Crippen molar-refractivity contribution in [2.24, 2.45) is 0 Å². The zero-order valence-corrected chi connectivity index (χ0v) is 16.4. The predicted octanol–water partition coefficient (Wildman–Crippen LogP) is 3.23. The number of hydrogen-bond acceptors (Lipinski definition) is 6. The highest BCUT2D eigenvalue weighted by Gasteiger charge is 2.36. The Bertz CT molecular complexity index is 950. The van der Waals surface area contributed by atoms with Gasteiger partial charge in [0.2, 0.25) is 17.8 Å². The number of carbonyl (C=O) groups is 2. The van der Waals surface area contributed by atoms with Crippen molar-refractivity contribution in [3.05, 3.63) is 36.0 Å². The van der Waals surface area contributed by atoms with Crippen molar-refractivity contribution in [2.75, 3.05) is 29.0 Å². The number of anilines is 4. The summed E-state index contributed by atoms with van der Waals surface area (Å²) in [5.41, 5.74) is -0.465. The molecule has 1 fully saturated rings. The van der Waals surface area contributed by atoms with E-state index in [0.717, 1.165) is 0 Å². The molecule has 1 aromatic heterocycles. The lowest BCUT2D eigenvalue weighted by molar-refractivity contribution is -0.137. The Morgan fingerprint density at radius 1 is 1.17 bits per heavy atom. The third-order valence-electron chi connectivity index (χ3n) is 4.55. The average Bonchev–Trinajstić information content (AvgIpc) is 3.11. The summed E-state index contributed by atoms with van der Waals surface area (Å²) in [4.78, 5) is 32.3. The molecule has 1 atom stereocenters. The maximum absolute atomic E-state index is 13.5. The molecule has 0 aliphatic carbocycles. The first kappa shape index (κ1) is 21.3. The van der Waals surface area contributed by atoms with Crippen LogP contribution in [0.5, 0.6) is 0 Å². The molecule has 2 heterocycles. The molecule has 11 heteroatoms. The van der Waals surface area contributed by atoms with Crippen LogP contribution in [0.25, 0.3) is 0 Å². The van der Waals surface area contributed by atoms with E-state index in [-0.39, 0.29) is 29.5 Å². The van der Waals surface area contributed by atoms with Crippen LogP contribution in [0.1, 0.15) is 25.8 Å². The van der Waals surface area contributed by atoms with Gasteiger partial charge in [0.15, 0.2) is 0 Å². The molecule has 2 amide bonds. The second-order valence-electron chi connectivity index (χ2n) is 6.90. The zero-order chi connectivity index (χ0) is 21.9. The number of alkyl halides is 3. The van der Waals surface area contributed by atoms with E-state index in [4.69, 9.17) is 0 Å². The topological polar surface area (TPSA) is 99.2 Å². The highest BCUT2D eigenvalue weighted by atomic mass is 19.4. The molecule has 1 aromatic carbocycles. The number of likely N-dealkylation sites (tertiary alicyclic amines) is 1. The van der Waals surface area contributed by atoms with E-state index in [0.29, 0.717) is 31.4 Å². The monoisotopic (exact) mass is 422 g/mol. The van der Waals surface area contributed by atoms with E-state index in [1.54, 1.807) is 23.1 Å². The zero-order valence-electron chi connectivity index (χ0n) is 16.4. The molecule has 0 saturated carbocycles. The Morgan fingerprint density at radius 2 is 1.87 bits per heavy atom. The van der Waals surface area contributed by atoms with E-state index in [1.165, 1.54) is 19.9 Å². The van der Waals surface area contributed by atoms with Crippen molar-refractivity contribution in [1.82, 2.24) is 14.9 Å². The SMILES string of the molecule is CC(=O)Nc1ccccc1Nc1nc(N[C@H]2CCN(C(C)=O)C2)ncc1C(F)(F)F. The lowest BCUT2D eigenvalue weighted by Gasteiger charge is -2.18. The van der Waals surface area contributed by atoms with E-state index in [9.17, 15) is 22.8 Å². The molecule has 8 nitrogen and oxygen atoms in total. The summed E-state index contributed by atoms with van der Waals surface area (Å²) in [5, 5.41) is 8.20. The normalized spacial score (nSPS) is 16.3. The predicted molar refractivity (Wildman–Crippen MR) is 105 cm³/mol. The van der Waals surface area contributed by atoms with Crippen LogP contribution in [-0.4, -0.2) is 45.8 Å². The van der Waals surface area contributed by atoms with Crippen molar-refractivity contribution >= 4 is 35.0 Å². The lowest BCUT2D eigenvalue weighted by Crippen LogP contribution is -2.30. The van der Waals surface area contributed by atoms with Crippen molar-refractivity contribution in [2.45, 2.75) is 32.5 Å². The van der Waals surface area contributed by atoms with Crippen molar-refractivity contribution in [3.63, 3.8) is 0 Å². The van der Waals surface area contributed by atoms with Crippen molar-refractivity contribution in [3.8, 4) is 0 Å². The number of aromatic nitrogens is 2. The molecule has 1 aliphatic rings. The van der Waals surface area contributed by atoms with Gasteiger partial charge in [0, 0.05) is 39.2 Å². The minimum absolute atomic E-state index is 0.0120. The summed E-state index contributed by atoms with van der Waals surface area (Å²) < 4.78 is 40.5. The van der Waals surface area contributed by atoms with Gasteiger partial charge in [0.1, 0.15) is 11.4 Å². The average molecular weight is 422 g/mol. The third-order valence-corrected chi connectivity index (χ3v) is 4.55. The van der Waals surface area contributed by atoms with E-state index in [2.05, 4.69) is 25.9 Å². The molecule has 0 spiro atoms. The molecule has 1 saturated heterocycles. The Balaban J connectivity index is 1.88. The number of para-hydroxylation sites is 2. The van der Waals surface area contributed by atoms with Crippen LogP contribution < -0.4 is 16.0 Å². The van der Waals surface area contributed by atoms with Gasteiger partial charge in [-0.25, -0.2) is 4.98 Å². The first-order valence-electron chi connectivity index (χ1n) is 9.23. The number of benzene rings is 1. The number of rotatable bonds is 5. The Hall–Kier alpha value is -3.37. The summed E-state index contributed by atoms with van der Waals surface area (Å²) in [7, 11) is 0. The summed E-state index contributed by atoms with van der Waals surface area (Å²) in [6.07, 6.45) is -3.34. The fourth-order valence-electron chi connectivity index (χ4n) is 3.12. The van der Waals surface area contributed by atoms with Crippen LogP contribution in [0.4, 0.5) is 36.3 Å². The van der Waals surface area contributed by atoms with Gasteiger partial charge in [0.05, 0.1) is 11.4 Å². The van der Waals surface area contributed by atoms with Gasteiger partial charge in [-0.2, -0.15) is 18.2 Å². The fraction of sp³-hybridized carbons (Fsp3) is 0.368. The summed E-state index contributed by atoms with van der Waals surface area (Å²) in [5.74, 6) is -0.858. The lowest BCUT2D eigenvalue weighted by atomic mass is 10.2. The maximum atomic E-state index is 13.5. The molecule has 0 radical (unpaired) electrons. The first-order chi connectivity index (χ1) is 14.1. The Kier molecular flexibility index (Phi) is 6.09. The Morgan fingerprint density at radius 3 is 2.47 bits per heavy atom. The molecule has 30 heavy (non-hydrogen) atoms. The van der Waals surface area contributed by atoms with E-state index >= 15 is 0 Å². The molecule has 3 rings (SSSR count). The van der Waals surface area contributed by atoms with Gasteiger partial charge >= 0.3 is 6.18 Å². The molecule has 160 valence electrons. The van der Waals surface area contributed by atoms with Crippen LogP contribution in [0.15, 0.2) is 30.5 Å². The van der Waals surface area contributed by atoms with E-state index in [1.807, 2.05) is 0 Å². The third kappa shape index (κ3) is 5.16. The van der Waals surface area contributed by atoms with Crippen LogP contribution >= 0.6 is 0 Å². The number of nitrogens with zero attached hydrogens (tertiary/aromatic N) is 3. The van der Waals surface area contributed by atoms with Gasteiger partial charge in [-0.05, 0) is 18.6 Å². The van der Waals surface area contributed by atoms with Crippen LogP contribution in [0.3, 0.4) is 0 Å². The van der Waals surface area contributed by atoms with Crippen molar-refractivity contribution in [1.29, 1.82) is 0 Å². The Labute approximate surface area is 170 Å². The van der Waals surface area contributed by atoms with Crippen LogP contribution in [-0.2, 0) is 15.8 Å². The molecular weight excluding hydrogens is 401 g/mol. The molecular formula is C19H21F3N6O2. The van der Waals surface area contributed by atoms with Gasteiger partial charge in [0.25, 0.3) is 0 Å². The minimum Gasteiger partial charge on any atom is -0.350 e. The van der Waals surface area contributed by atoms with Crippen LogP contribution in [0, 0.1) is 0 Å². The fourth-order valence-corrected chi connectivity index (χ4v) is 3.12. The number of nitrogens with one attached hydrogen (secondary N) is 3. The summed E-state index contributed by atoms with van der Waals surface area (Å²) in [6.45, 7) is 3.75. The van der Waals surface area contributed by atoms with Gasteiger partial charge in [-0.3, -0.25) is 9.59 Å². The quantitative estimate of drug-likeness (QED) is 0.684. The molecule has 1 aliphatic heterocycles. The second-order valence-corrected chi connectivity index (χ2v) is 6.90. The van der Waals surface area contributed by atoms with E-state index < -0.39 is 17.6 Å². The number of hydrogen-bond donors (Lipinski definition) is 3. The number of carbonyl (C=O) groups excluding carboxylic acids is 2. The first-order valence-corrected chi connectivity index (χ1v) is 9.23. The summed E-state index contributed by atoms with van der Waals surface area (Å²) in [6, 6.07) is 6.20. The van der Waals surface area contributed by atoms with Gasteiger partial charge < -0.3 is 20.9 Å². The van der Waals surface area contributed by atoms with Gasteiger partial charge in [-0.15, -0.1) is 0 Å². The number of amides is 2. The maximum Gasteiger partial charge on any atom is 0.421 e. The van der Waals surface area contributed by atoms with Gasteiger partial charge in [-0.1, -0.05) is 12.1 Å².